The Balaban J connectivity index is 2.24. The lowest BCUT2D eigenvalue weighted by Gasteiger charge is -2.43. The first-order chi connectivity index (χ1) is 15.7. The summed E-state index contributed by atoms with van der Waals surface area (Å²) < 4.78 is 16.3. The number of nitrogens with two attached hydrogens (primary N) is 1. The molecule has 1 aliphatic heterocycles. The second kappa shape index (κ2) is 9.79. The molecule has 2 aliphatic rings. The fourth-order valence-corrected chi connectivity index (χ4v) is 4.78. The molecule has 1 aromatic carbocycles. The maximum absolute atomic E-state index is 13.5. The number of hydrogen-bond donors (Lipinski definition) is 1. The van der Waals surface area contributed by atoms with Gasteiger partial charge < -0.3 is 24.8 Å². The van der Waals surface area contributed by atoms with Crippen LogP contribution in [-0.2, 0) is 9.53 Å². The highest BCUT2D eigenvalue weighted by Gasteiger charge is 2.44. The van der Waals surface area contributed by atoms with Crippen molar-refractivity contribution in [2.45, 2.75) is 32.6 Å². The minimum absolute atomic E-state index is 0.0170. The first-order valence-electron chi connectivity index (χ1n) is 10.5. The highest BCUT2D eigenvalue weighted by atomic mass is 35.5. The van der Waals surface area contributed by atoms with Crippen LogP contribution in [0.15, 0.2) is 34.8 Å². The lowest BCUT2D eigenvalue weighted by atomic mass is 9.68. The summed E-state index contributed by atoms with van der Waals surface area (Å²) in [5, 5.41) is 10.4. The van der Waals surface area contributed by atoms with E-state index < -0.39 is 5.92 Å². The number of terminal acetylenes is 1. The van der Waals surface area contributed by atoms with Gasteiger partial charge in [-0.2, -0.15) is 5.26 Å². The standard InChI is InChI=1S/C25H28ClN3O4/c1-6-8-33-23-17(26)10-15(11-20(23)32-5)21-16(14-27)24(28)29(7-9-31-4)18-12-25(2,3)13-19(30)22(18)21/h1,10-11,21H,7-9,12-13,28H2,2-5H3/t21-/m1/s1. The van der Waals surface area contributed by atoms with Crippen LogP contribution in [0.5, 0.6) is 11.5 Å². The second-order valence-corrected chi connectivity index (χ2v) is 9.22. The van der Waals surface area contributed by atoms with Crippen molar-refractivity contribution in [2.24, 2.45) is 11.1 Å². The number of allylic oxidation sites excluding steroid dienone is 3. The summed E-state index contributed by atoms with van der Waals surface area (Å²) in [4.78, 5) is 15.3. The number of hydrogen-bond acceptors (Lipinski definition) is 7. The minimum Gasteiger partial charge on any atom is -0.493 e. The summed E-state index contributed by atoms with van der Waals surface area (Å²) in [5.41, 5.74) is 8.57. The van der Waals surface area contributed by atoms with E-state index in [2.05, 4.69) is 25.8 Å². The average Bonchev–Trinajstić information content (AvgIpc) is 2.75. The van der Waals surface area contributed by atoms with Gasteiger partial charge in [-0.25, -0.2) is 0 Å². The largest absolute Gasteiger partial charge is 0.493 e. The zero-order chi connectivity index (χ0) is 24.3. The molecule has 0 fully saturated rings. The summed E-state index contributed by atoms with van der Waals surface area (Å²) in [5.74, 6) is 2.69. The van der Waals surface area contributed by atoms with Crippen molar-refractivity contribution in [3.8, 4) is 29.9 Å². The van der Waals surface area contributed by atoms with Crippen LogP contribution in [0, 0.1) is 29.1 Å². The lowest BCUT2D eigenvalue weighted by molar-refractivity contribution is -0.118. The number of rotatable bonds is 7. The Morgan fingerprint density at radius 2 is 2.06 bits per heavy atom. The number of carbonyl (C=O) groups is 1. The maximum atomic E-state index is 13.5. The number of carbonyl (C=O) groups excluding carboxylic acids is 1. The Morgan fingerprint density at radius 1 is 1.33 bits per heavy atom. The minimum atomic E-state index is -0.666. The van der Waals surface area contributed by atoms with E-state index in [1.54, 1.807) is 19.2 Å². The van der Waals surface area contributed by atoms with Gasteiger partial charge in [-0.3, -0.25) is 4.79 Å². The summed E-state index contributed by atoms with van der Waals surface area (Å²) in [7, 11) is 3.08. The molecule has 0 saturated heterocycles. The highest BCUT2D eigenvalue weighted by molar-refractivity contribution is 6.32. The van der Waals surface area contributed by atoms with E-state index >= 15 is 0 Å². The molecular formula is C25H28ClN3O4. The number of nitrogens with zero attached hydrogens (tertiary/aromatic N) is 2. The maximum Gasteiger partial charge on any atom is 0.181 e. The van der Waals surface area contributed by atoms with E-state index in [-0.39, 0.29) is 28.4 Å². The van der Waals surface area contributed by atoms with Gasteiger partial charge >= 0.3 is 0 Å². The molecule has 2 N–H and O–H groups in total. The molecule has 0 saturated carbocycles. The van der Waals surface area contributed by atoms with Gasteiger partial charge in [-0.1, -0.05) is 31.4 Å². The van der Waals surface area contributed by atoms with Gasteiger partial charge in [0.15, 0.2) is 17.3 Å². The SMILES string of the molecule is C#CCOc1c(Cl)cc([C@@H]2C(C#N)=C(N)N(CCOC)C3=C2C(=O)CC(C)(C)C3)cc1OC. The summed E-state index contributed by atoms with van der Waals surface area (Å²) in [6.45, 7) is 4.96. The third kappa shape index (κ3) is 4.66. The summed E-state index contributed by atoms with van der Waals surface area (Å²) in [6.07, 6.45) is 6.31. The third-order valence-electron chi connectivity index (χ3n) is 5.89. The Hall–Kier alpha value is -3.13. The molecule has 0 amide bonds. The van der Waals surface area contributed by atoms with Crippen molar-refractivity contribution in [3.63, 3.8) is 0 Å². The van der Waals surface area contributed by atoms with Crippen LogP contribution in [0.3, 0.4) is 0 Å². The molecule has 0 spiro atoms. The number of Topliss-reactive ketones (excluding diaryl/α,β-unsaturated/α-hetero) is 1. The van der Waals surface area contributed by atoms with Gasteiger partial charge in [-0.15, -0.1) is 6.42 Å². The van der Waals surface area contributed by atoms with Crippen LogP contribution in [0.25, 0.3) is 0 Å². The Labute approximate surface area is 199 Å². The number of benzene rings is 1. The monoisotopic (exact) mass is 469 g/mol. The van der Waals surface area contributed by atoms with Gasteiger partial charge in [-0.05, 0) is 29.5 Å². The van der Waals surface area contributed by atoms with Gasteiger partial charge in [0.05, 0.1) is 36.3 Å². The smallest absolute Gasteiger partial charge is 0.181 e. The second-order valence-electron chi connectivity index (χ2n) is 8.82. The van der Waals surface area contributed by atoms with E-state index in [0.29, 0.717) is 54.4 Å². The molecule has 1 aliphatic carbocycles. The van der Waals surface area contributed by atoms with Gasteiger partial charge in [0.1, 0.15) is 12.4 Å². The molecule has 3 rings (SSSR count). The molecule has 0 bridgehead atoms. The molecule has 0 radical (unpaired) electrons. The number of ether oxygens (including phenoxy) is 3. The first kappa shape index (κ1) is 24.5. The predicted molar refractivity (Wildman–Crippen MR) is 126 cm³/mol. The van der Waals surface area contributed by atoms with Crippen LogP contribution in [0.1, 0.15) is 38.2 Å². The van der Waals surface area contributed by atoms with E-state index in [0.717, 1.165) is 5.70 Å². The molecule has 1 aromatic rings. The van der Waals surface area contributed by atoms with Crippen molar-refractivity contribution in [1.82, 2.24) is 4.90 Å². The van der Waals surface area contributed by atoms with Crippen LogP contribution in [-0.4, -0.2) is 44.7 Å². The number of halogens is 1. The van der Waals surface area contributed by atoms with Gasteiger partial charge in [0.25, 0.3) is 0 Å². The predicted octanol–water partition coefficient (Wildman–Crippen LogP) is 3.74. The van der Waals surface area contributed by atoms with Crippen LogP contribution in [0.2, 0.25) is 5.02 Å². The topological polar surface area (TPSA) is 97.8 Å². The molecule has 1 heterocycles. The normalized spacial score (nSPS) is 19.7. The van der Waals surface area contributed by atoms with E-state index in [4.69, 9.17) is 38.0 Å². The Morgan fingerprint density at radius 3 is 2.67 bits per heavy atom. The fraction of sp³-hybridized carbons (Fsp3) is 0.440. The zero-order valence-electron chi connectivity index (χ0n) is 19.3. The highest BCUT2D eigenvalue weighted by Crippen LogP contribution is 2.50. The van der Waals surface area contributed by atoms with Crippen LogP contribution in [0.4, 0.5) is 0 Å². The molecule has 8 heteroatoms. The summed E-state index contributed by atoms with van der Waals surface area (Å²) >= 11 is 6.52. The molecule has 0 unspecified atom stereocenters. The average molecular weight is 470 g/mol. The van der Waals surface area contributed by atoms with E-state index in [9.17, 15) is 10.1 Å². The molecule has 1 atom stereocenters. The molecule has 7 nitrogen and oxygen atoms in total. The Kier molecular flexibility index (Phi) is 7.27. The molecular weight excluding hydrogens is 442 g/mol. The number of ketones is 1. The van der Waals surface area contributed by atoms with E-state index in [1.807, 2.05) is 4.90 Å². The molecule has 0 aromatic heterocycles. The number of nitriles is 1. The van der Waals surface area contributed by atoms with Crippen molar-refractivity contribution < 1.29 is 19.0 Å². The van der Waals surface area contributed by atoms with Crippen molar-refractivity contribution in [2.75, 3.05) is 34.0 Å². The molecule has 33 heavy (non-hydrogen) atoms. The lowest BCUT2D eigenvalue weighted by Crippen LogP contribution is -2.43. The van der Waals surface area contributed by atoms with Crippen LogP contribution < -0.4 is 15.2 Å². The third-order valence-corrected chi connectivity index (χ3v) is 6.17. The Bertz CT molecular complexity index is 1110. The fourth-order valence-electron chi connectivity index (χ4n) is 4.51. The zero-order valence-corrected chi connectivity index (χ0v) is 20.1. The van der Waals surface area contributed by atoms with Crippen molar-refractivity contribution >= 4 is 17.4 Å². The van der Waals surface area contributed by atoms with Crippen molar-refractivity contribution in [1.29, 1.82) is 5.26 Å². The quantitative estimate of drug-likeness (QED) is 0.607. The van der Waals surface area contributed by atoms with E-state index in [1.165, 1.54) is 7.11 Å². The summed E-state index contributed by atoms with van der Waals surface area (Å²) in [6, 6.07) is 5.62. The van der Waals surface area contributed by atoms with Crippen LogP contribution >= 0.6 is 11.6 Å². The number of methoxy groups -OCH3 is 2. The molecule has 174 valence electrons. The first-order valence-corrected chi connectivity index (χ1v) is 10.9. The van der Waals surface area contributed by atoms with Crippen molar-refractivity contribution in [3.05, 3.63) is 45.4 Å². The van der Waals surface area contributed by atoms with Gasteiger partial charge in [0, 0.05) is 31.3 Å². The van der Waals surface area contributed by atoms with Gasteiger partial charge in [0.2, 0.25) is 0 Å².